The zero-order valence-corrected chi connectivity index (χ0v) is 17.3. The molecule has 0 atom stereocenters. The SMILES string of the molecule is O=C1C=Cc2cc3ccccc3cc2C1=O.O=S(=O)([O-])[O-].[Na+].[Na+]. The predicted octanol–water partition coefficient (Wildman–Crippen LogP) is -4.71. The molecule has 9 heteroatoms. The molecule has 23 heavy (non-hydrogen) atoms. The van der Waals surface area contributed by atoms with Crippen molar-refractivity contribution in [1.29, 1.82) is 0 Å². The molecule has 0 saturated heterocycles. The zero-order chi connectivity index (χ0) is 15.6. The van der Waals surface area contributed by atoms with E-state index in [2.05, 4.69) is 0 Å². The number of benzene rings is 2. The quantitative estimate of drug-likeness (QED) is 0.204. The number of hydrogen-bond acceptors (Lipinski definition) is 6. The molecular weight excluding hydrogens is 342 g/mol. The van der Waals surface area contributed by atoms with Gasteiger partial charge in [-0.15, -0.1) is 0 Å². The first-order chi connectivity index (χ1) is 9.75. The van der Waals surface area contributed by atoms with Crippen LogP contribution in [0.4, 0.5) is 0 Å². The maximum absolute atomic E-state index is 11.7. The summed E-state index contributed by atoms with van der Waals surface area (Å²) in [6, 6.07) is 11.5. The second-order valence-corrected chi connectivity index (χ2v) is 5.04. The summed E-state index contributed by atoms with van der Waals surface area (Å²) in [6.07, 6.45) is 3.03. The molecule has 3 rings (SSSR count). The molecule has 0 radical (unpaired) electrons. The number of fused-ring (bicyclic) bond motifs is 2. The zero-order valence-electron chi connectivity index (χ0n) is 12.5. The Hall–Kier alpha value is -0.350. The minimum absolute atomic E-state index is 0. The molecule has 0 bridgehead atoms. The predicted molar refractivity (Wildman–Crippen MR) is 72.8 cm³/mol. The van der Waals surface area contributed by atoms with Crippen LogP contribution in [0.5, 0.6) is 0 Å². The van der Waals surface area contributed by atoms with E-state index in [-0.39, 0.29) is 59.1 Å². The molecule has 1 aliphatic carbocycles. The molecule has 2 aromatic carbocycles. The van der Waals surface area contributed by atoms with Gasteiger partial charge in [0.2, 0.25) is 11.6 Å². The number of carbonyl (C=O) groups is 2. The van der Waals surface area contributed by atoms with Crippen LogP contribution in [0.3, 0.4) is 0 Å². The van der Waals surface area contributed by atoms with Crippen LogP contribution in [0, 0.1) is 0 Å². The number of carbonyl (C=O) groups excluding carboxylic acids is 2. The number of allylic oxidation sites excluding steroid dienone is 1. The van der Waals surface area contributed by atoms with Gasteiger partial charge in [-0.3, -0.25) is 18.0 Å². The van der Waals surface area contributed by atoms with Crippen LogP contribution in [-0.4, -0.2) is 29.1 Å². The fraction of sp³-hybridized carbons (Fsp3) is 0. The Kier molecular flexibility index (Phi) is 9.08. The van der Waals surface area contributed by atoms with E-state index in [9.17, 15) is 9.59 Å². The van der Waals surface area contributed by atoms with E-state index in [1.54, 1.807) is 12.1 Å². The molecule has 0 amide bonds. The van der Waals surface area contributed by atoms with Gasteiger partial charge in [0.25, 0.3) is 0 Å². The molecule has 0 heterocycles. The first kappa shape index (κ1) is 22.6. The molecule has 0 saturated carbocycles. The number of rotatable bonds is 0. The summed E-state index contributed by atoms with van der Waals surface area (Å²) in [4.78, 5) is 22.9. The van der Waals surface area contributed by atoms with Gasteiger partial charge in [0, 0.05) is 16.0 Å². The maximum atomic E-state index is 11.7. The van der Waals surface area contributed by atoms with Gasteiger partial charge in [-0.1, -0.05) is 30.3 Å². The van der Waals surface area contributed by atoms with Crippen molar-refractivity contribution in [2.75, 3.05) is 0 Å². The van der Waals surface area contributed by atoms with Crippen molar-refractivity contribution in [3.63, 3.8) is 0 Å². The Morgan fingerprint density at radius 3 is 1.83 bits per heavy atom. The van der Waals surface area contributed by atoms with Gasteiger partial charge >= 0.3 is 59.1 Å². The Morgan fingerprint density at radius 2 is 1.30 bits per heavy atom. The summed E-state index contributed by atoms with van der Waals surface area (Å²) in [6.45, 7) is 0. The minimum Gasteiger partial charge on any atom is -0.759 e. The van der Waals surface area contributed by atoms with Crippen LogP contribution >= 0.6 is 0 Å². The molecule has 108 valence electrons. The van der Waals surface area contributed by atoms with Crippen molar-refractivity contribution >= 4 is 38.8 Å². The standard InChI is InChI=1S/C14H8O2.2Na.H2O4S/c15-13-6-5-11-7-9-3-1-2-4-10(9)8-12(11)14(13)16;;;1-5(2,3)4/h1-8H;;;(H2,1,2,3,4)/q;2*+1;/p-2. The maximum Gasteiger partial charge on any atom is 1.00 e. The smallest absolute Gasteiger partial charge is 0.759 e. The van der Waals surface area contributed by atoms with Crippen molar-refractivity contribution in [1.82, 2.24) is 0 Å². The van der Waals surface area contributed by atoms with Gasteiger partial charge in [-0.2, -0.15) is 0 Å². The first-order valence-corrected chi connectivity index (χ1v) is 7.05. The van der Waals surface area contributed by atoms with Gasteiger partial charge in [0.15, 0.2) is 0 Å². The number of ketones is 2. The molecule has 0 aliphatic heterocycles. The van der Waals surface area contributed by atoms with Crippen LogP contribution < -0.4 is 59.1 Å². The summed E-state index contributed by atoms with van der Waals surface area (Å²) >= 11 is 0. The van der Waals surface area contributed by atoms with Gasteiger partial charge in [0.05, 0.1) is 0 Å². The van der Waals surface area contributed by atoms with Gasteiger partial charge in [-0.05, 0) is 34.5 Å². The average Bonchev–Trinajstić information content (AvgIpc) is 2.40. The molecule has 6 nitrogen and oxygen atoms in total. The van der Waals surface area contributed by atoms with Crippen molar-refractivity contribution in [2.24, 2.45) is 0 Å². The summed E-state index contributed by atoms with van der Waals surface area (Å²) in [7, 11) is -5.17. The Labute approximate surface area is 177 Å². The fourth-order valence-corrected chi connectivity index (χ4v) is 1.97. The third kappa shape index (κ3) is 6.58. The summed E-state index contributed by atoms with van der Waals surface area (Å²) in [5, 5.41) is 2.06. The monoisotopic (exact) mass is 350 g/mol. The van der Waals surface area contributed by atoms with E-state index in [1.165, 1.54) is 6.08 Å². The third-order valence-corrected chi connectivity index (χ3v) is 2.80. The minimum atomic E-state index is -5.17. The molecule has 0 unspecified atom stereocenters. The Balaban J connectivity index is 0.000000615. The molecule has 1 aliphatic rings. The number of hydrogen-bond donors (Lipinski definition) is 0. The Bertz CT molecular complexity index is 866. The van der Waals surface area contributed by atoms with Crippen LogP contribution in [0.1, 0.15) is 15.9 Å². The van der Waals surface area contributed by atoms with Crippen LogP contribution in [-0.2, 0) is 15.2 Å². The van der Waals surface area contributed by atoms with Gasteiger partial charge in [0.1, 0.15) is 0 Å². The van der Waals surface area contributed by atoms with E-state index >= 15 is 0 Å². The van der Waals surface area contributed by atoms with E-state index in [4.69, 9.17) is 17.5 Å². The molecule has 0 fully saturated rings. The molecular formula is C14H8Na2O6S. The molecule has 0 N–H and O–H groups in total. The molecule has 0 aromatic heterocycles. The Morgan fingerprint density at radius 1 is 0.826 bits per heavy atom. The number of Topliss-reactive ketones (excluding diaryl/α,β-unsaturated/α-hetero) is 1. The van der Waals surface area contributed by atoms with Crippen molar-refractivity contribution in [3.05, 3.63) is 53.6 Å². The van der Waals surface area contributed by atoms with Gasteiger partial charge < -0.3 is 9.11 Å². The second-order valence-electron chi connectivity index (χ2n) is 4.22. The van der Waals surface area contributed by atoms with Crippen LogP contribution in [0.25, 0.3) is 16.8 Å². The summed E-state index contributed by atoms with van der Waals surface area (Å²) in [5.41, 5.74) is 1.33. The first-order valence-electron chi connectivity index (χ1n) is 5.72. The fourth-order valence-electron chi connectivity index (χ4n) is 1.97. The van der Waals surface area contributed by atoms with Gasteiger partial charge in [-0.25, -0.2) is 0 Å². The van der Waals surface area contributed by atoms with Crippen molar-refractivity contribution < 1.29 is 86.2 Å². The van der Waals surface area contributed by atoms with E-state index in [0.29, 0.717) is 5.56 Å². The normalized spacial score (nSPS) is 12.4. The van der Waals surface area contributed by atoms with Crippen LogP contribution in [0.2, 0.25) is 0 Å². The summed E-state index contributed by atoms with van der Waals surface area (Å²) < 4.78 is 34.1. The van der Waals surface area contributed by atoms with E-state index in [1.807, 2.05) is 30.3 Å². The van der Waals surface area contributed by atoms with E-state index in [0.717, 1.165) is 16.3 Å². The van der Waals surface area contributed by atoms with Crippen molar-refractivity contribution in [3.8, 4) is 0 Å². The third-order valence-electron chi connectivity index (χ3n) is 2.80. The molecule has 0 spiro atoms. The molecule has 2 aromatic rings. The van der Waals surface area contributed by atoms with Crippen molar-refractivity contribution in [2.45, 2.75) is 0 Å². The second kappa shape index (κ2) is 9.22. The van der Waals surface area contributed by atoms with E-state index < -0.39 is 22.0 Å². The summed E-state index contributed by atoms with van der Waals surface area (Å²) in [5.74, 6) is -0.856. The van der Waals surface area contributed by atoms with Crippen LogP contribution in [0.15, 0.2) is 42.5 Å². The topological polar surface area (TPSA) is 114 Å². The average molecular weight is 350 g/mol. The largest absolute Gasteiger partial charge is 1.00 e.